The van der Waals surface area contributed by atoms with Gasteiger partial charge in [0.15, 0.2) is 0 Å². The quantitative estimate of drug-likeness (QED) is 0.523. The van der Waals surface area contributed by atoms with Crippen LogP contribution in [0.25, 0.3) is 11.1 Å². The number of halogens is 1. The van der Waals surface area contributed by atoms with Crippen molar-refractivity contribution in [2.75, 3.05) is 13.7 Å². The molecule has 0 bridgehead atoms. The lowest BCUT2D eigenvalue weighted by Crippen LogP contribution is -2.60. The summed E-state index contributed by atoms with van der Waals surface area (Å²) in [4.78, 5) is 11.7. The summed E-state index contributed by atoms with van der Waals surface area (Å²) in [6, 6.07) is 11.7. The number of carbonyl (C=O) groups is 1. The number of aliphatic hydroxyl groups excluding tert-OH is 4. The maximum atomic E-state index is 11.7. The first-order valence-electron chi connectivity index (χ1n) is 8.81. The van der Waals surface area contributed by atoms with Gasteiger partial charge in [0.25, 0.3) is 0 Å². The molecule has 5 atom stereocenters. The van der Waals surface area contributed by atoms with E-state index in [2.05, 4.69) is 0 Å². The highest BCUT2D eigenvalue weighted by Crippen LogP contribution is 2.33. The molecule has 1 aliphatic rings. The molecule has 8 nitrogen and oxygen atoms in total. The van der Waals surface area contributed by atoms with Crippen molar-refractivity contribution in [2.45, 2.75) is 30.7 Å². The van der Waals surface area contributed by atoms with Crippen LogP contribution in [-0.4, -0.2) is 70.8 Å². The lowest BCUT2D eigenvalue weighted by Gasteiger charge is -2.39. The molecule has 29 heavy (non-hydrogen) atoms. The molecular formula is C20H21ClO8. The second-order valence-electron chi connectivity index (χ2n) is 6.53. The number of esters is 1. The van der Waals surface area contributed by atoms with Crippen molar-refractivity contribution in [2.24, 2.45) is 0 Å². The first-order chi connectivity index (χ1) is 13.8. The van der Waals surface area contributed by atoms with Gasteiger partial charge in [0.05, 0.1) is 24.3 Å². The molecule has 9 heteroatoms. The van der Waals surface area contributed by atoms with Crippen LogP contribution in [0.3, 0.4) is 0 Å². The summed E-state index contributed by atoms with van der Waals surface area (Å²) < 4.78 is 15.6. The van der Waals surface area contributed by atoms with E-state index in [0.29, 0.717) is 11.1 Å². The Kier molecular flexibility index (Phi) is 6.74. The molecule has 1 aliphatic heterocycles. The number of benzene rings is 2. The first kappa shape index (κ1) is 21.5. The third-order valence-corrected chi connectivity index (χ3v) is 4.94. The fraction of sp³-hybridized carbons (Fsp3) is 0.350. The van der Waals surface area contributed by atoms with Crippen LogP contribution in [0.4, 0.5) is 0 Å². The van der Waals surface area contributed by atoms with E-state index in [0.717, 1.165) is 5.56 Å². The van der Waals surface area contributed by atoms with E-state index >= 15 is 0 Å². The lowest BCUT2D eigenvalue weighted by atomic mass is 9.99. The minimum absolute atomic E-state index is 0.170. The molecule has 1 heterocycles. The van der Waals surface area contributed by atoms with Crippen LogP contribution < -0.4 is 4.74 Å². The van der Waals surface area contributed by atoms with E-state index in [9.17, 15) is 25.2 Å². The minimum atomic E-state index is -1.55. The van der Waals surface area contributed by atoms with Gasteiger partial charge in [0.2, 0.25) is 6.29 Å². The van der Waals surface area contributed by atoms with E-state index in [1.165, 1.54) is 7.11 Å². The summed E-state index contributed by atoms with van der Waals surface area (Å²) in [6.45, 7) is -0.561. The van der Waals surface area contributed by atoms with Gasteiger partial charge in [-0.3, -0.25) is 0 Å². The Bertz CT molecular complexity index is 871. The van der Waals surface area contributed by atoms with Crippen LogP contribution in [-0.2, 0) is 9.47 Å². The van der Waals surface area contributed by atoms with E-state index in [1.807, 2.05) is 0 Å². The summed E-state index contributed by atoms with van der Waals surface area (Å²) in [5.41, 5.74) is 1.83. The van der Waals surface area contributed by atoms with Gasteiger partial charge < -0.3 is 34.6 Å². The highest BCUT2D eigenvalue weighted by molar-refractivity contribution is 6.32. The van der Waals surface area contributed by atoms with E-state index in [1.54, 1.807) is 42.5 Å². The Labute approximate surface area is 171 Å². The maximum Gasteiger partial charge on any atom is 0.337 e. The van der Waals surface area contributed by atoms with E-state index in [4.69, 9.17) is 25.8 Å². The van der Waals surface area contributed by atoms with Crippen LogP contribution in [0.15, 0.2) is 42.5 Å². The van der Waals surface area contributed by atoms with Gasteiger partial charge in [-0.1, -0.05) is 29.8 Å². The van der Waals surface area contributed by atoms with Crippen molar-refractivity contribution in [1.82, 2.24) is 0 Å². The van der Waals surface area contributed by atoms with Crippen LogP contribution >= 0.6 is 11.6 Å². The molecule has 1 saturated heterocycles. The number of carbonyl (C=O) groups excluding carboxylic acids is 1. The molecule has 2 aromatic carbocycles. The van der Waals surface area contributed by atoms with Gasteiger partial charge in [-0.15, -0.1) is 0 Å². The van der Waals surface area contributed by atoms with Crippen LogP contribution in [0.5, 0.6) is 5.75 Å². The number of methoxy groups -OCH3 is 1. The third kappa shape index (κ3) is 4.53. The second kappa shape index (κ2) is 9.08. The molecule has 5 unspecified atom stereocenters. The summed E-state index contributed by atoms with van der Waals surface area (Å²) in [7, 11) is 1.30. The smallest absolute Gasteiger partial charge is 0.337 e. The maximum absolute atomic E-state index is 11.7. The minimum Gasteiger partial charge on any atom is -0.465 e. The number of aliphatic hydroxyl groups is 4. The van der Waals surface area contributed by atoms with Crippen molar-refractivity contribution in [3.8, 4) is 16.9 Å². The number of hydrogen-bond acceptors (Lipinski definition) is 8. The van der Waals surface area contributed by atoms with Crippen LogP contribution in [0, 0.1) is 0 Å². The van der Waals surface area contributed by atoms with Crippen LogP contribution in [0.2, 0.25) is 5.02 Å². The lowest BCUT2D eigenvalue weighted by molar-refractivity contribution is -0.277. The van der Waals surface area contributed by atoms with Crippen molar-refractivity contribution < 1.29 is 39.4 Å². The summed E-state index contributed by atoms with van der Waals surface area (Å²) >= 11 is 6.30. The average Bonchev–Trinajstić information content (AvgIpc) is 2.74. The highest BCUT2D eigenvalue weighted by atomic mass is 35.5. The third-order valence-electron chi connectivity index (χ3n) is 4.64. The molecule has 0 aromatic heterocycles. The molecule has 0 saturated carbocycles. The SMILES string of the molecule is COC(=O)c1cccc(-c2ccc(OC3OC(CO)C(O)C(O)C3O)c(Cl)c2)c1. The van der Waals surface area contributed by atoms with Gasteiger partial charge in [-0.05, 0) is 35.4 Å². The predicted molar refractivity (Wildman–Crippen MR) is 103 cm³/mol. The summed E-state index contributed by atoms with van der Waals surface area (Å²) in [5, 5.41) is 39.2. The number of ether oxygens (including phenoxy) is 3. The predicted octanol–water partition coefficient (Wildman–Crippen LogP) is 0.972. The molecular weight excluding hydrogens is 404 g/mol. The second-order valence-corrected chi connectivity index (χ2v) is 6.94. The molecule has 2 aromatic rings. The average molecular weight is 425 g/mol. The van der Waals surface area contributed by atoms with Crippen molar-refractivity contribution in [3.63, 3.8) is 0 Å². The van der Waals surface area contributed by atoms with Crippen molar-refractivity contribution in [3.05, 3.63) is 53.1 Å². The molecule has 0 amide bonds. The van der Waals surface area contributed by atoms with Gasteiger partial charge in [0.1, 0.15) is 30.2 Å². The van der Waals surface area contributed by atoms with Crippen molar-refractivity contribution >= 4 is 17.6 Å². The van der Waals surface area contributed by atoms with Gasteiger partial charge in [-0.2, -0.15) is 0 Å². The summed E-state index contributed by atoms with van der Waals surface area (Å²) in [6.07, 6.45) is -6.99. The molecule has 1 fully saturated rings. The zero-order valence-electron chi connectivity index (χ0n) is 15.4. The van der Waals surface area contributed by atoms with Gasteiger partial charge in [-0.25, -0.2) is 4.79 Å². The Morgan fingerprint density at radius 2 is 1.79 bits per heavy atom. The molecule has 156 valence electrons. The topological polar surface area (TPSA) is 126 Å². The standard InChI is InChI=1S/C20H21ClO8/c1-27-19(26)12-4-2-3-10(7-12)11-5-6-14(13(21)8-11)28-20-18(25)17(24)16(23)15(9-22)29-20/h2-8,15-18,20,22-25H,9H2,1H3. The zero-order valence-corrected chi connectivity index (χ0v) is 16.2. The van der Waals surface area contributed by atoms with E-state index < -0.39 is 43.3 Å². The first-order valence-corrected chi connectivity index (χ1v) is 9.19. The van der Waals surface area contributed by atoms with E-state index in [-0.39, 0.29) is 10.8 Å². The Morgan fingerprint density at radius 1 is 1.07 bits per heavy atom. The normalized spacial score (nSPS) is 26.8. The molecule has 4 N–H and O–H groups in total. The molecule has 3 rings (SSSR count). The van der Waals surface area contributed by atoms with Crippen LogP contribution in [0.1, 0.15) is 10.4 Å². The molecule has 0 spiro atoms. The Hall–Kier alpha value is -2.20. The fourth-order valence-corrected chi connectivity index (χ4v) is 3.23. The number of rotatable bonds is 5. The largest absolute Gasteiger partial charge is 0.465 e. The fourth-order valence-electron chi connectivity index (χ4n) is 3.01. The summed E-state index contributed by atoms with van der Waals surface area (Å²) in [5.74, 6) is -0.288. The molecule has 0 aliphatic carbocycles. The monoisotopic (exact) mass is 424 g/mol. The Morgan fingerprint density at radius 3 is 2.45 bits per heavy atom. The highest BCUT2D eigenvalue weighted by Gasteiger charge is 2.44. The van der Waals surface area contributed by atoms with Crippen molar-refractivity contribution in [1.29, 1.82) is 0 Å². The van der Waals surface area contributed by atoms with Gasteiger partial charge in [0, 0.05) is 0 Å². The zero-order chi connectivity index (χ0) is 21.1. The Balaban J connectivity index is 1.81. The van der Waals surface area contributed by atoms with Gasteiger partial charge >= 0.3 is 5.97 Å². The molecule has 0 radical (unpaired) electrons. The number of hydrogen-bond donors (Lipinski definition) is 4.